The minimum atomic E-state index is -2.03. The highest BCUT2D eigenvalue weighted by Gasteiger charge is 2.30. The summed E-state index contributed by atoms with van der Waals surface area (Å²) in [5.74, 6) is -2.65. The molecule has 1 aromatic rings. The number of carbonyl (C=O) groups excluding carboxylic acids is 1. The zero-order valence-corrected chi connectivity index (χ0v) is 9.39. The number of carboxylic acid groups (broad SMARTS) is 1. The summed E-state index contributed by atoms with van der Waals surface area (Å²) in [6, 6.07) is 2.66. The maximum Gasteiger partial charge on any atom is 0.335 e. The molecular weight excluding hydrogens is 260 g/mol. The van der Waals surface area contributed by atoms with E-state index in [2.05, 4.69) is 0 Å². The molecule has 0 saturated carbocycles. The highest BCUT2D eigenvalue weighted by molar-refractivity contribution is 5.88. The smallest absolute Gasteiger partial charge is 0.335 e. The number of benzene rings is 1. The maximum atomic E-state index is 10.8. The third-order valence-electron chi connectivity index (χ3n) is 2.38. The van der Waals surface area contributed by atoms with Crippen molar-refractivity contribution in [1.29, 1.82) is 0 Å². The van der Waals surface area contributed by atoms with Crippen LogP contribution in [0.3, 0.4) is 0 Å². The van der Waals surface area contributed by atoms with Crippen molar-refractivity contribution < 1.29 is 29.8 Å². The van der Waals surface area contributed by atoms with E-state index in [4.69, 9.17) is 10.8 Å². The highest BCUT2D eigenvalue weighted by atomic mass is 16.6. The largest absolute Gasteiger partial charge is 0.478 e. The molecule has 102 valence electrons. The van der Waals surface area contributed by atoms with Gasteiger partial charge in [0.1, 0.15) is 6.10 Å². The summed E-state index contributed by atoms with van der Waals surface area (Å²) in [4.78, 5) is 31.3. The number of nitro groups is 1. The van der Waals surface area contributed by atoms with Crippen molar-refractivity contribution in [3.8, 4) is 0 Å². The topological polar surface area (TPSA) is 164 Å². The fourth-order valence-corrected chi connectivity index (χ4v) is 1.41. The fourth-order valence-electron chi connectivity index (χ4n) is 1.41. The van der Waals surface area contributed by atoms with Crippen molar-refractivity contribution in [2.45, 2.75) is 12.2 Å². The van der Waals surface area contributed by atoms with Crippen molar-refractivity contribution in [2.75, 3.05) is 0 Å². The SMILES string of the molecule is NC(=O)C(O)C(O)c1ccc(C(=O)O)cc1[N+](=O)[O-]. The molecule has 0 heterocycles. The van der Waals surface area contributed by atoms with Crippen LogP contribution in [-0.2, 0) is 4.79 Å². The Bertz CT molecular complexity index is 543. The van der Waals surface area contributed by atoms with Crippen LogP contribution in [0.15, 0.2) is 18.2 Å². The summed E-state index contributed by atoms with van der Waals surface area (Å²) >= 11 is 0. The van der Waals surface area contributed by atoms with Crippen LogP contribution in [0.25, 0.3) is 0 Å². The summed E-state index contributed by atoms with van der Waals surface area (Å²) < 4.78 is 0. The number of primary amides is 1. The van der Waals surface area contributed by atoms with E-state index < -0.39 is 40.3 Å². The van der Waals surface area contributed by atoms with Gasteiger partial charge >= 0.3 is 5.97 Å². The third-order valence-corrected chi connectivity index (χ3v) is 2.38. The lowest BCUT2D eigenvalue weighted by Crippen LogP contribution is -2.34. The lowest BCUT2D eigenvalue weighted by Gasteiger charge is -2.15. The van der Waals surface area contributed by atoms with Crippen molar-refractivity contribution in [3.05, 3.63) is 39.4 Å². The zero-order valence-electron chi connectivity index (χ0n) is 9.39. The Kier molecular flexibility index (Phi) is 4.14. The van der Waals surface area contributed by atoms with E-state index in [0.29, 0.717) is 6.07 Å². The third kappa shape index (κ3) is 3.03. The van der Waals surface area contributed by atoms with Gasteiger partial charge in [-0.15, -0.1) is 0 Å². The molecule has 0 saturated heterocycles. The highest BCUT2D eigenvalue weighted by Crippen LogP contribution is 2.28. The van der Waals surface area contributed by atoms with E-state index >= 15 is 0 Å². The van der Waals surface area contributed by atoms with E-state index in [1.807, 2.05) is 0 Å². The number of amides is 1. The zero-order chi connectivity index (χ0) is 14.7. The van der Waals surface area contributed by atoms with Crippen LogP contribution in [0, 0.1) is 10.1 Å². The molecule has 19 heavy (non-hydrogen) atoms. The summed E-state index contributed by atoms with van der Waals surface area (Å²) in [6.07, 6.45) is -3.95. The molecule has 0 aliphatic carbocycles. The first kappa shape index (κ1) is 14.5. The first-order valence-electron chi connectivity index (χ1n) is 4.92. The summed E-state index contributed by atoms with van der Waals surface area (Å²) in [5, 5.41) is 38.4. The van der Waals surface area contributed by atoms with Crippen LogP contribution >= 0.6 is 0 Å². The van der Waals surface area contributed by atoms with Gasteiger partial charge in [0.25, 0.3) is 5.69 Å². The molecule has 1 amide bonds. The molecule has 1 aromatic carbocycles. The minimum Gasteiger partial charge on any atom is -0.478 e. The van der Waals surface area contributed by atoms with Gasteiger partial charge in [0.15, 0.2) is 6.10 Å². The van der Waals surface area contributed by atoms with Crippen LogP contribution in [-0.4, -0.2) is 38.2 Å². The monoisotopic (exact) mass is 270 g/mol. The lowest BCUT2D eigenvalue weighted by atomic mass is 10.00. The normalized spacial score (nSPS) is 13.6. The fraction of sp³-hybridized carbons (Fsp3) is 0.200. The molecule has 2 atom stereocenters. The minimum absolute atomic E-state index is 0.365. The van der Waals surface area contributed by atoms with Gasteiger partial charge in [0.2, 0.25) is 5.91 Å². The Labute approximate surface area is 106 Å². The van der Waals surface area contributed by atoms with Crippen LogP contribution in [0.4, 0.5) is 5.69 Å². The van der Waals surface area contributed by atoms with Gasteiger partial charge in [-0.05, 0) is 12.1 Å². The van der Waals surface area contributed by atoms with Gasteiger partial charge in [0.05, 0.1) is 16.1 Å². The molecule has 0 aliphatic rings. The van der Waals surface area contributed by atoms with Gasteiger partial charge in [-0.3, -0.25) is 14.9 Å². The number of carboxylic acids is 1. The molecule has 0 bridgehead atoms. The lowest BCUT2D eigenvalue weighted by molar-refractivity contribution is -0.386. The van der Waals surface area contributed by atoms with Crippen LogP contribution in [0.2, 0.25) is 0 Å². The number of rotatable bonds is 5. The number of aromatic carboxylic acids is 1. The number of carbonyl (C=O) groups is 2. The van der Waals surface area contributed by atoms with Crippen molar-refractivity contribution in [1.82, 2.24) is 0 Å². The second-order valence-electron chi connectivity index (χ2n) is 3.63. The van der Waals surface area contributed by atoms with Gasteiger partial charge < -0.3 is 21.1 Å². The van der Waals surface area contributed by atoms with Gasteiger partial charge in [-0.25, -0.2) is 4.79 Å². The standard InChI is InChI=1S/C10H10N2O7/c11-9(15)8(14)7(13)5-2-1-4(10(16)17)3-6(5)12(18)19/h1-3,7-8,13-14H,(H2,11,15)(H,16,17). The quantitative estimate of drug-likeness (QED) is 0.400. The predicted molar refractivity (Wildman–Crippen MR) is 60.2 cm³/mol. The Hall–Kier alpha value is -2.52. The molecule has 5 N–H and O–H groups in total. The molecule has 9 heteroatoms. The van der Waals surface area contributed by atoms with Crippen molar-refractivity contribution in [2.24, 2.45) is 5.73 Å². The van der Waals surface area contributed by atoms with E-state index in [-0.39, 0.29) is 5.56 Å². The first-order valence-corrected chi connectivity index (χ1v) is 4.92. The van der Waals surface area contributed by atoms with E-state index in [1.165, 1.54) is 0 Å². The number of nitrogens with two attached hydrogens (primary N) is 1. The number of hydrogen-bond acceptors (Lipinski definition) is 6. The summed E-state index contributed by atoms with van der Waals surface area (Å²) in [5.41, 5.74) is 3.27. The molecule has 0 fully saturated rings. The van der Waals surface area contributed by atoms with E-state index in [9.17, 15) is 29.9 Å². The molecule has 0 spiro atoms. The average Bonchev–Trinajstić information content (AvgIpc) is 2.35. The maximum absolute atomic E-state index is 10.8. The van der Waals surface area contributed by atoms with Crippen LogP contribution in [0.1, 0.15) is 22.0 Å². The Balaban J connectivity index is 3.31. The average molecular weight is 270 g/mol. The number of nitro benzene ring substituents is 1. The molecule has 2 unspecified atom stereocenters. The Morgan fingerprint density at radius 3 is 2.32 bits per heavy atom. The second kappa shape index (κ2) is 5.42. The summed E-state index contributed by atoms with van der Waals surface area (Å²) in [7, 11) is 0. The van der Waals surface area contributed by atoms with E-state index in [0.717, 1.165) is 12.1 Å². The van der Waals surface area contributed by atoms with Crippen molar-refractivity contribution >= 4 is 17.6 Å². The number of aliphatic hydroxyl groups is 2. The van der Waals surface area contributed by atoms with E-state index in [1.54, 1.807) is 0 Å². The molecule has 0 aliphatic heterocycles. The molecule has 0 aromatic heterocycles. The Morgan fingerprint density at radius 2 is 1.89 bits per heavy atom. The van der Waals surface area contributed by atoms with Gasteiger partial charge in [-0.1, -0.05) is 0 Å². The van der Waals surface area contributed by atoms with Gasteiger partial charge in [0, 0.05) is 6.07 Å². The number of aliphatic hydroxyl groups excluding tert-OH is 2. The van der Waals surface area contributed by atoms with Crippen molar-refractivity contribution in [3.63, 3.8) is 0 Å². The molecular formula is C10H10N2O7. The number of hydrogen-bond donors (Lipinski definition) is 4. The predicted octanol–water partition coefficient (Wildman–Crippen LogP) is -0.827. The summed E-state index contributed by atoms with van der Waals surface area (Å²) in [6.45, 7) is 0. The molecule has 9 nitrogen and oxygen atoms in total. The molecule has 0 radical (unpaired) electrons. The first-order chi connectivity index (χ1) is 8.75. The number of nitrogens with zero attached hydrogens (tertiary/aromatic N) is 1. The van der Waals surface area contributed by atoms with Gasteiger partial charge in [-0.2, -0.15) is 0 Å². The van der Waals surface area contributed by atoms with Crippen LogP contribution in [0.5, 0.6) is 0 Å². The van der Waals surface area contributed by atoms with Crippen LogP contribution < -0.4 is 5.73 Å². The molecule has 1 rings (SSSR count). The Morgan fingerprint density at radius 1 is 1.32 bits per heavy atom. The second-order valence-corrected chi connectivity index (χ2v) is 3.63.